The van der Waals surface area contributed by atoms with Crippen molar-refractivity contribution in [2.75, 3.05) is 26.2 Å². The first-order valence-corrected chi connectivity index (χ1v) is 10.5. The van der Waals surface area contributed by atoms with Crippen LogP contribution in [0.5, 0.6) is 0 Å². The number of carbonyl (C=O) groups is 1. The third-order valence-electron chi connectivity index (χ3n) is 5.69. The van der Waals surface area contributed by atoms with Crippen LogP contribution in [0.2, 0.25) is 0 Å². The summed E-state index contributed by atoms with van der Waals surface area (Å²) < 4.78 is 8.49. The lowest BCUT2D eigenvalue weighted by atomic mass is 10.0. The molecule has 0 saturated carbocycles. The van der Waals surface area contributed by atoms with Gasteiger partial charge in [-0.25, -0.2) is 4.68 Å². The van der Waals surface area contributed by atoms with Gasteiger partial charge in [0, 0.05) is 31.6 Å². The minimum atomic E-state index is -0.286. The van der Waals surface area contributed by atoms with E-state index >= 15 is 0 Å². The standard InChI is InChI=1S/C21H29N5O3/c1-3-19-23-25(21(28)17-12-18-16(26(17)19)7-11-29-18)14-20(27)22-8-5-10-24-9-4-6-15(2)13-24/h7,11-12,15H,3-6,8-10,13-14H2,1-2H3,(H,22,27)/t15-/m0/s1. The van der Waals surface area contributed by atoms with Crippen LogP contribution in [0.3, 0.4) is 0 Å². The van der Waals surface area contributed by atoms with Crippen molar-refractivity contribution in [3.63, 3.8) is 0 Å². The second-order valence-corrected chi connectivity index (χ2v) is 8.02. The van der Waals surface area contributed by atoms with E-state index in [4.69, 9.17) is 4.42 Å². The highest BCUT2D eigenvalue weighted by Crippen LogP contribution is 2.20. The quantitative estimate of drug-likeness (QED) is 0.615. The number of likely N-dealkylation sites (tertiary alicyclic amines) is 1. The van der Waals surface area contributed by atoms with Crippen LogP contribution in [0, 0.1) is 5.92 Å². The normalized spacial score (nSPS) is 17.9. The number of rotatable bonds is 7. The summed E-state index contributed by atoms with van der Waals surface area (Å²) in [4.78, 5) is 27.7. The number of amides is 1. The smallest absolute Gasteiger partial charge is 0.291 e. The van der Waals surface area contributed by atoms with Crippen molar-refractivity contribution in [1.82, 2.24) is 24.4 Å². The van der Waals surface area contributed by atoms with Crippen molar-refractivity contribution in [3.8, 4) is 0 Å². The van der Waals surface area contributed by atoms with Crippen molar-refractivity contribution in [2.24, 2.45) is 5.92 Å². The Bertz CT molecular complexity index is 1060. The van der Waals surface area contributed by atoms with E-state index in [0.717, 1.165) is 43.3 Å². The fourth-order valence-corrected chi connectivity index (χ4v) is 4.27. The van der Waals surface area contributed by atoms with Crippen molar-refractivity contribution >= 4 is 22.5 Å². The third-order valence-corrected chi connectivity index (χ3v) is 5.69. The first-order chi connectivity index (χ1) is 14.1. The lowest BCUT2D eigenvalue weighted by Crippen LogP contribution is -2.38. The minimum absolute atomic E-state index is 0.0738. The van der Waals surface area contributed by atoms with E-state index in [1.54, 1.807) is 12.3 Å². The van der Waals surface area contributed by atoms with Gasteiger partial charge in [0.25, 0.3) is 5.56 Å². The summed E-state index contributed by atoms with van der Waals surface area (Å²) in [5.74, 6) is 1.30. The van der Waals surface area contributed by atoms with Crippen LogP contribution in [-0.4, -0.2) is 51.2 Å². The van der Waals surface area contributed by atoms with Crippen LogP contribution < -0.4 is 10.9 Å². The zero-order chi connectivity index (χ0) is 20.4. The number of aromatic nitrogens is 3. The van der Waals surface area contributed by atoms with Crippen LogP contribution in [0.25, 0.3) is 16.6 Å². The fraction of sp³-hybridized carbons (Fsp3) is 0.571. The third kappa shape index (κ3) is 4.07. The van der Waals surface area contributed by atoms with Gasteiger partial charge in [-0.2, -0.15) is 5.10 Å². The summed E-state index contributed by atoms with van der Waals surface area (Å²) in [5, 5.41) is 7.35. The topological polar surface area (TPSA) is 84.8 Å². The van der Waals surface area contributed by atoms with E-state index < -0.39 is 0 Å². The molecule has 156 valence electrons. The summed E-state index contributed by atoms with van der Waals surface area (Å²) in [6, 6.07) is 3.54. The first-order valence-electron chi connectivity index (χ1n) is 10.5. The number of carbonyl (C=O) groups excluding carboxylic acids is 1. The van der Waals surface area contributed by atoms with Crippen LogP contribution >= 0.6 is 0 Å². The fourth-order valence-electron chi connectivity index (χ4n) is 4.27. The second-order valence-electron chi connectivity index (χ2n) is 8.02. The number of nitrogens with zero attached hydrogens (tertiary/aromatic N) is 4. The molecule has 0 radical (unpaired) electrons. The molecule has 0 aromatic carbocycles. The van der Waals surface area contributed by atoms with E-state index in [0.29, 0.717) is 24.1 Å². The highest BCUT2D eigenvalue weighted by molar-refractivity contribution is 5.82. The van der Waals surface area contributed by atoms with E-state index in [9.17, 15) is 9.59 Å². The molecule has 4 rings (SSSR count). The highest BCUT2D eigenvalue weighted by atomic mass is 16.3. The van der Waals surface area contributed by atoms with Crippen LogP contribution in [0.4, 0.5) is 0 Å². The molecule has 1 aliphatic heterocycles. The average Bonchev–Trinajstić information content (AvgIpc) is 3.29. The van der Waals surface area contributed by atoms with Gasteiger partial charge in [0.1, 0.15) is 17.9 Å². The zero-order valence-electron chi connectivity index (χ0n) is 17.2. The number of hydrogen-bond donors (Lipinski definition) is 1. The molecule has 8 heteroatoms. The molecule has 0 aliphatic carbocycles. The van der Waals surface area contributed by atoms with Crippen molar-refractivity contribution in [1.29, 1.82) is 0 Å². The van der Waals surface area contributed by atoms with Gasteiger partial charge < -0.3 is 14.6 Å². The molecular weight excluding hydrogens is 370 g/mol. The van der Waals surface area contributed by atoms with E-state index in [1.807, 2.05) is 17.4 Å². The van der Waals surface area contributed by atoms with E-state index in [-0.39, 0.29) is 18.0 Å². The molecule has 1 atom stereocenters. The van der Waals surface area contributed by atoms with Gasteiger partial charge in [-0.15, -0.1) is 0 Å². The van der Waals surface area contributed by atoms with Gasteiger partial charge in [0.2, 0.25) is 5.91 Å². The zero-order valence-corrected chi connectivity index (χ0v) is 17.2. The summed E-state index contributed by atoms with van der Waals surface area (Å²) in [7, 11) is 0. The van der Waals surface area contributed by atoms with Gasteiger partial charge in [0.05, 0.1) is 11.8 Å². The Balaban J connectivity index is 1.39. The minimum Gasteiger partial charge on any atom is -0.463 e. The number of nitrogens with one attached hydrogen (secondary N) is 1. The molecule has 1 fully saturated rings. The Morgan fingerprint density at radius 3 is 3.03 bits per heavy atom. The molecule has 8 nitrogen and oxygen atoms in total. The molecule has 1 N–H and O–H groups in total. The predicted octanol–water partition coefficient (Wildman–Crippen LogP) is 2.04. The molecule has 0 bridgehead atoms. The molecule has 1 aliphatic rings. The van der Waals surface area contributed by atoms with Gasteiger partial charge in [-0.05, 0) is 38.3 Å². The Morgan fingerprint density at radius 2 is 2.24 bits per heavy atom. The monoisotopic (exact) mass is 399 g/mol. The lowest BCUT2D eigenvalue weighted by Gasteiger charge is -2.30. The maximum absolute atomic E-state index is 12.8. The SMILES string of the molecule is CCc1nn(CC(=O)NCCCN2CCC[C@H](C)C2)c(=O)c2cc3occc3n12. The van der Waals surface area contributed by atoms with E-state index in [2.05, 4.69) is 22.2 Å². The molecule has 1 amide bonds. The number of aryl methyl sites for hydroxylation is 1. The maximum atomic E-state index is 12.8. The molecule has 29 heavy (non-hydrogen) atoms. The Kier molecular flexibility index (Phi) is 5.71. The number of fused-ring (bicyclic) bond motifs is 3. The summed E-state index contributed by atoms with van der Waals surface area (Å²) in [6.07, 6.45) is 5.72. The van der Waals surface area contributed by atoms with E-state index in [1.165, 1.54) is 17.5 Å². The summed E-state index contributed by atoms with van der Waals surface area (Å²) >= 11 is 0. The molecule has 0 unspecified atom stereocenters. The second kappa shape index (κ2) is 8.41. The number of furan rings is 1. The lowest BCUT2D eigenvalue weighted by molar-refractivity contribution is -0.121. The molecule has 3 aromatic rings. The largest absolute Gasteiger partial charge is 0.463 e. The molecule has 4 heterocycles. The highest BCUT2D eigenvalue weighted by Gasteiger charge is 2.17. The van der Waals surface area contributed by atoms with Crippen LogP contribution in [-0.2, 0) is 17.8 Å². The Labute approximate surface area is 169 Å². The number of piperidine rings is 1. The van der Waals surface area contributed by atoms with Gasteiger partial charge in [0.15, 0.2) is 5.58 Å². The van der Waals surface area contributed by atoms with Crippen molar-refractivity contribution < 1.29 is 9.21 Å². The molecule has 0 spiro atoms. The van der Waals surface area contributed by atoms with Gasteiger partial charge in [-0.3, -0.25) is 14.0 Å². The summed E-state index contributed by atoms with van der Waals surface area (Å²) in [6.45, 7) is 8.10. The van der Waals surface area contributed by atoms with Crippen molar-refractivity contribution in [3.05, 3.63) is 34.6 Å². The molecule has 1 saturated heterocycles. The molecular formula is C21H29N5O3. The van der Waals surface area contributed by atoms with Gasteiger partial charge >= 0.3 is 0 Å². The average molecular weight is 399 g/mol. The first kappa shape index (κ1) is 19.7. The Hall–Kier alpha value is -2.61. The van der Waals surface area contributed by atoms with Gasteiger partial charge in [-0.1, -0.05) is 13.8 Å². The van der Waals surface area contributed by atoms with Crippen LogP contribution in [0.15, 0.2) is 27.6 Å². The summed E-state index contributed by atoms with van der Waals surface area (Å²) in [5.41, 5.74) is 1.67. The predicted molar refractivity (Wildman–Crippen MR) is 111 cm³/mol. The maximum Gasteiger partial charge on any atom is 0.291 e. The number of hydrogen-bond acceptors (Lipinski definition) is 5. The van der Waals surface area contributed by atoms with Crippen LogP contribution in [0.1, 0.15) is 38.9 Å². The van der Waals surface area contributed by atoms with Crippen molar-refractivity contribution in [2.45, 2.75) is 46.1 Å². The Morgan fingerprint density at radius 1 is 1.38 bits per heavy atom. The molecule has 3 aromatic heterocycles.